The van der Waals surface area contributed by atoms with Crippen LogP contribution in [-0.4, -0.2) is 50.9 Å². The van der Waals surface area contributed by atoms with Crippen molar-refractivity contribution in [3.8, 4) is 6.07 Å². The summed E-state index contributed by atoms with van der Waals surface area (Å²) < 4.78 is 2.22. The Labute approximate surface area is 126 Å². The van der Waals surface area contributed by atoms with Crippen LogP contribution in [0.5, 0.6) is 0 Å². The highest BCUT2D eigenvalue weighted by molar-refractivity contribution is 5.79. The number of aromatic nitrogens is 2. The first-order valence-corrected chi connectivity index (χ1v) is 7.19. The molecule has 0 fully saturated rings. The van der Waals surface area contributed by atoms with Gasteiger partial charge in [-0.3, -0.25) is 9.69 Å². The van der Waals surface area contributed by atoms with Crippen LogP contribution >= 0.6 is 0 Å². The number of hydrogen-bond acceptors (Lipinski definition) is 4. The van der Waals surface area contributed by atoms with Crippen LogP contribution in [0.4, 0.5) is 0 Å². The van der Waals surface area contributed by atoms with Crippen molar-refractivity contribution in [1.29, 1.82) is 5.26 Å². The Kier molecular flexibility index (Phi) is 4.06. The average Bonchev–Trinajstić information content (AvgIpc) is 2.72. The van der Waals surface area contributed by atoms with E-state index in [1.54, 1.807) is 20.9 Å². The molecule has 0 bridgehead atoms. The zero-order chi connectivity index (χ0) is 15.8. The van der Waals surface area contributed by atoms with Crippen molar-refractivity contribution in [3.63, 3.8) is 0 Å². The Morgan fingerprint density at radius 2 is 2.10 bits per heavy atom. The van der Waals surface area contributed by atoms with Crippen LogP contribution < -0.4 is 0 Å². The van der Waals surface area contributed by atoms with E-state index < -0.39 is 5.54 Å². The summed E-state index contributed by atoms with van der Waals surface area (Å²) in [5.74, 6) is 0.987. The Balaban J connectivity index is 2.03. The number of rotatable bonds is 3. The first-order valence-electron chi connectivity index (χ1n) is 7.19. The molecule has 2 heterocycles. The molecule has 1 amide bonds. The molecule has 6 heteroatoms. The number of amides is 1. The van der Waals surface area contributed by atoms with Crippen LogP contribution in [0.3, 0.4) is 0 Å². The molecule has 0 atom stereocenters. The van der Waals surface area contributed by atoms with Crippen LogP contribution in [0.2, 0.25) is 0 Å². The van der Waals surface area contributed by atoms with E-state index in [-0.39, 0.29) is 5.91 Å². The fourth-order valence-electron chi connectivity index (χ4n) is 2.48. The summed E-state index contributed by atoms with van der Waals surface area (Å²) in [7, 11) is 1.69. The molecule has 2 rings (SSSR count). The molecule has 0 spiro atoms. The highest BCUT2D eigenvalue weighted by Gasteiger charge is 2.29. The minimum absolute atomic E-state index is 0.0324. The van der Waals surface area contributed by atoms with Gasteiger partial charge in [-0.05, 0) is 27.7 Å². The predicted octanol–water partition coefficient (Wildman–Crippen LogP) is 1.08. The van der Waals surface area contributed by atoms with Crippen molar-refractivity contribution in [1.82, 2.24) is 19.4 Å². The Morgan fingerprint density at radius 3 is 2.71 bits per heavy atom. The predicted molar refractivity (Wildman–Crippen MR) is 79.4 cm³/mol. The number of carbonyl (C=O) groups is 1. The van der Waals surface area contributed by atoms with E-state index in [2.05, 4.69) is 27.4 Å². The van der Waals surface area contributed by atoms with Crippen molar-refractivity contribution < 1.29 is 4.79 Å². The van der Waals surface area contributed by atoms with Crippen LogP contribution in [-0.2, 0) is 17.9 Å². The van der Waals surface area contributed by atoms with Gasteiger partial charge in [0.2, 0.25) is 5.91 Å². The maximum atomic E-state index is 12.3. The summed E-state index contributed by atoms with van der Waals surface area (Å²) in [5.41, 5.74) is 1.48. The maximum absolute atomic E-state index is 12.3. The fourth-order valence-corrected chi connectivity index (χ4v) is 2.48. The lowest BCUT2D eigenvalue weighted by Crippen LogP contribution is -2.49. The molecular weight excluding hydrogens is 266 g/mol. The number of carbonyl (C=O) groups excluding carboxylic acids is 1. The van der Waals surface area contributed by atoms with Crippen molar-refractivity contribution in [2.75, 3.05) is 20.1 Å². The summed E-state index contributed by atoms with van der Waals surface area (Å²) in [6.07, 6.45) is 0. The molecule has 0 aromatic carbocycles. The van der Waals surface area contributed by atoms with Gasteiger partial charge in [-0.1, -0.05) is 0 Å². The molecule has 0 aliphatic carbocycles. The highest BCUT2D eigenvalue weighted by atomic mass is 16.2. The van der Waals surface area contributed by atoms with Crippen LogP contribution in [0.15, 0.2) is 0 Å². The third kappa shape index (κ3) is 2.93. The monoisotopic (exact) mass is 289 g/mol. The molecule has 1 aromatic rings. The number of hydrogen-bond donors (Lipinski definition) is 0. The highest BCUT2D eigenvalue weighted by Crippen LogP contribution is 2.17. The van der Waals surface area contributed by atoms with E-state index >= 15 is 0 Å². The lowest BCUT2D eigenvalue weighted by molar-refractivity contribution is -0.134. The Morgan fingerprint density at radius 1 is 1.43 bits per heavy atom. The molecule has 1 aliphatic heterocycles. The third-order valence-electron chi connectivity index (χ3n) is 4.39. The standard InChI is InChI=1S/C15H23N5O/c1-11-12(2)20-7-6-19(8-13(20)17-11)9-14(21)18(5)15(3,4)10-16/h6-9H2,1-5H3. The molecule has 0 unspecified atom stereocenters. The van der Waals surface area contributed by atoms with Gasteiger partial charge in [-0.2, -0.15) is 5.26 Å². The molecule has 0 radical (unpaired) electrons. The van der Waals surface area contributed by atoms with E-state index in [0.717, 1.165) is 24.6 Å². The molecule has 114 valence electrons. The smallest absolute Gasteiger partial charge is 0.237 e. The third-order valence-corrected chi connectivity index (χ3v) is 4.39. The van der Waals surface area contributed by atoms with Crippen LogP contribution in [0, 0.1) is 25.2 Å². The van der Waals surface area contributed by atoms with Gasteiger partial charge < -0.3 is 9.47 Å². The number of nitrogens with zero attached hydrogens (tertiary/aromatic N) is 5. The SMILES string of the molecule is Cc1nc2n(c1C)CCN(CC(=O)N(C)C(C)(C)C#N)C2. The van der Waals surface area contributed by atoms with Gasteiger partial charge in [0.1, 0.15) is 11.4 Å². The zero-order valence-electron chi connectivity index (χ0n) is 13.5. The number of imidazole rings is 1. The van der Waals surface area contributed by atoms with Crippen molar-refractivity contribution >= 4 is 5.91 Å². The van der Waals surface area contributed by atoms with E-state index in [1.807, 2.05) is 6.92 Å². The lowest BCUT2D eigenvalue weighted by Gasteiger charge is -2.33. The number of likely N-dealkylation sites (N-methyl/N-ethyl adjacent to an activating group) is 1. The van der Waals surface area contributed by atoms with Gasteiger partial charge in [0.15, 0.2) is 0 Å². The van der Waals surface area contributed by atoms with Crippen LogP contribution in [0.25, 0.3) is 0 Å². The minimum Gasteiger partial charge on any atom is -0.330 e. The molecule has 0 saturated carbocycles. The first kappa shape index (κ1) is 15.5. The second kappa shape index (κ2) is 5.49. The molecule has 1 aliphatic rings. The normalized spacial score (nSPS) is 15.4. The molecular formula is C15H23N5O. The maximum Gasteiger partial charge on any atom is 0.237 e. The van der Waals surface area contributed by atoms with Gasteiger partial charge in [-0.15, -0.1) is 0 Å². The zero-order valence-corrected chi connectivity index (χ0v) is 13.5. The topological polar surface area (TPSA) is 65.2 Å². The lowest BCUT2D eigenvalue weighted by atomic mass is 10.1. The van der Waals surface area contributed by atoms with Gasteiger partial charge >= 0.3 is 0 Å². The van der Waals surface area contributed by atoms with E-state index in [9.17, 15) is 4.79 Å². The Hall–Kier alpha value is -1.87. The van der Waals surface area contributed by atoms with E-state index in [0.29, 0.717) is 13.1 Å². The fraction of sp³-hybridized carbons (Fsp3) is 0.667. The van der Waals surface area contributed by atoms with E-state index in [1.165, 1.54) is 10.6 Å². The summed E-state index contributed by atoms with van der Waals surface area (Å²) in [6, 6.07) is 2.16. The molecule has 0 saturated heterocycles. The van der Waals surface area contributed by atoms with Crippen molar-refractivity contribution in [3.05, 3.63) is 17.2 Å². The quantitative estimate of drug-likeness (QED) is 0.835. The first-order chi connectivity index (χ1) is 9.76. The van der Waals surface area contributed by atoms with Crippen molar-refractivity contribution in [2.24, 2.45) is 0 Å². The second-order valence-electron chi connectivity index (χ2n) is 6.18. The number of aryl methyl sites for hydroxylation is 1. The molecule has 21 heavy (non-hydrogen) atoms. The van der Waals surface area contributed by atoms with Crippen molar-refractivity contribution in [2.45, 2.75) is 46.3 Å². The summed E-state index contributed by atoms with van der Waals surface area (Å²) in [4.78, 5) is 20.5. The Bertz CT molecular complexity index is 596. The molecule has 0 N–H and O–H groups in total. The van der Waals surface area contributed by atoms with Gasteiger partial charge in [0.25, 0.3) is 0 Å². The minimum atomic E-state index is -0.779. The molecule has 6 nitrogen and oxygen atoms in total. The second-order valence-corrected chi connectivity index (χ2v) is 6.18. The van der Waals surface area contributed by atoms with Gasteiger partial charge in [0.05, 0.1) is 24.9 Å². The number of fused-ring (bicyclic) bond motifs is 1. The summed E-state index contributed by atoms with van der Waals surface area (Å²) in [6.45, 7) is 10.3. The van der Waals surface area contributed by atoms with E-state index in [4.69, 9.17) is 5.26 Å². The summed E-state index contributed by atoms with van der Waals surface area (Å²) >= 11 is 0. The average molecular weight is 289 g/mol. The molecule has 1 aromatic heterocycles. The number of nitriles is 1. The van der Waals surface area contributed by atoms with Gasteiger partial charge in [-0.25, -0.2) is 4.98 Å². The van der Waals surface area contributed by atoms with Crippen LogP contribution in [0.1, 0.15) is 31.1 Å². The van der Waals surface area contributed by atoms with Gasteiger partial charge in [0, 0.05) is 25.8 Å². The largest absolute Gasteiger partial charge is 0.330 e. The summed E-state index contributed by atoms with van der Waals surface area (Å²) in [5, 5.41) is 9.11.